The Morgan fingerprint density at radius 2 is 0.921 bits per heavy atom. The van der Waals surface area contributed by atoms with Crippen molar-refractivity contribution in [1.82, 2.24) is 60.1 Å². The summed E-state index contributed by atoms with van der Waals surface area (Å²) in [6.07, 6.45) is 1.82. The molecule has 0 spiro atoms. The number of amides is 6. The third-order valence-electron chi connectivity index (χ3n) is 15.4. The van der Waals surface area contributed by atoms with E-state index in [1.54, 1.807) is 12.1 Å². The van der Waals surface area contributed by atoms with Gasteiger partial charge in [0, 0.05) is 54.4 Å². The topological polar surface area (TPSA) is 228 Å². The summed E-state index contributed by atoms with van der Waals surface area (Å²) in [4.78, 5) is 109. The van der Waals surface area contributed by atoms with Gasteiger partial charge in [0.25, 0.3) is 23.6 Å². The molecule has 0 aliphatic carbocycles. The Hall–Kier alpha value is -9.06. The van der Waals surface area contributed by atoms with Gasteiger partial charge in [0.05, 0.1) is 46.2 Å². The smallest absolute Gasteiger partial charge is 0.290 e. The number of rotatable bonds is 11. The molecule has 18 nitrogen and oxygen atoms in total. The van der Waals surface area contributed by atoms with Gasteiger partial charge in [-0.15, -0.1) is 0 Å². The Morgan fingerprint density at radius 3 is 1.38 bits per heavy atom. The van der Waals surface area contributed by atoms with Crippen LogP contribution in [0, 0.1) is 5.92 Å². The molecule has 13 rings (SSSR count). The molecule has 4 saturated heterocycles. The van der Waals surface area contributed by atoms with Crippen LogP contribution in [0.4, 0.5) is 0 Å². The predicted octanol–water partition coefficient (Wildman–Crippen LogP) is 6.43. The Labute approximate surface area is 436 Å². The van der Waals surface area contributed by atoms with Gasteiger partial charge in [0.1, 0.15) is 23.5 Å². The lowest BCUT2D eigenvalue weighted by atomic mass is 10.0. The molecule has 4 aromatic heterocycles. The maximum absolute atomic E-state index is 13.9. The molecule has 18 heteroatoms. The number of nitrogens with zero attached hydrogens (tertiary/aromatic N) is 6. The summed E-state index contributed by atoms with van der Waals surface area (Å²) in [5, 5.41) is 7.82. The first-order valence-electron chi connectivity index (χ1n) is 25.9. The van der Waals surface area contributed by atoms with Gasteiger partial charge in [0.15, 0.2) is 11.6 Å². The van der Waals surface area contributed by atoms with Crippen LogP contribution in [0.15, 0.2) is 140 Å². The van der Waals surface area contributed by atoms with Gasteiger partial charge in [-0.3, -0.25) is 28.8 Å². The molecule has 5 aromatic carbocycles. The molecule has 6 atom stereocenters. The van der Waals surface area contributed by atoms with Crippen LogP contribution in [0.5, 0.6) is 0 Å². The van der Waals surface area contributed by atoms with Gasteiger partial charge in [-0.05, 0) is 72.9 Å². The number of carbonyl (C=O) groups is 6. The third kappa shape index (κ3) is 9.09. The van der Waals surface area contributed by atoms with Crippen LogP contribution >= 0.6 is 0 Å². The molecular weight excluding hydrogens is 961 g/mol. The largest absolute Gasteiger partial charge is 0.351 e. The zero-order valence-electron chi connectivity index (χ0n) is 41.9. The van der Waals surface area contributed by atoms with Gasteiger partial charge < -0.3 is 50.2 Å². The summed E-state index contributed by atoms with van der Waals surface area (Å²) in [5.41, 5.74) is 6.70. The van der Waals surface area contributed by atoms with Gasteiger partial charge in [0.2, 0.25) is 11.8 Å². The number of aromatic nitrogens is 6. The highest BCUT2D eigenvalue weighted by atomic mass is 16.2. The van der Waals surface area contributed by atoms with Crippen molar-refractivity contribution >= 4 is 79.3 Å². The molecule has 0 unspecified atom stereocenters. The second-order valence-electron chi connectivity index (χ2n) is 20.6. The Kier molecular flexibility index (Phi) is 12.4. The number of hydrogen-bond donors (Lipinski definition) is 6. The number of hydrogen-bond acceptors (Lipinski definition) is 8. The number of nitrogens with one attached hydrogen (secondary N) is 6. The van der Waals surface area contributed by atoms with E-state index in [2.05, 4.69) is 40.5 Å². The van der Waals surface area contributed by atoms with E-state index in [0.717, 1.165) is 55.9 Å². The van der Waals surface area contributed by atoms with Crippen LogP contribution in [0.25, 0.3) is 43.9 Å². The molecule has 76 heavy (non-hydrogen) atoms. The Morgan fingerprint density at radius 1 is 0.500 bits per heavy atom. The number of imidazole rings is 2. The minimum atomic E-state index is -0.736. The summed E-state index contributed by atoms with van der Waals surface area (Å²) < 4.78 is 0. The van der Waals surface area contributed by atoms with Crippen LogP contribution in [0.3, 0.4) is 0 Å². The molecule has 0 saturated carbocycles. The molecule has 4 fully saturated rings. The van der Waals surface area contributed by atoms with E-state index in [9.17, 15) is 28.8 Å². The fourth-order valence-corrected chi connectivity index (χ4v) is 11.5. The molecule has 4 bridgehead atoms. The van der Waals surface area contributed by atoms with E-state index in [1.165, 1.54) is 0 Å². The van der Waals surface area contributed by atoms with E-state index in [0.29, 0.717) is 62.1 Å². The van der Waals surface area contributed by atoms with Gasteiger partial charge in [-0.2, -0.15) is 0 Å². The molecule has 6 N–H and O–H groups in total. The summed E-state index contributed by atoms with van der Waals surface area (Å²) in [6.45, 7) is 5.66. The van der Waals surface area contributed by atoms with Gasteiger partial charge in [-0.25, -0.2) is 9.97 Å². The quantitative estimate of drug-likeness (QED) is 0.0844. The number of fused-ring (bicyclic) bond motifs is 8. The average molecular weight is 1020 g/mol. The van der Waals surface area contributed by atoms with Gasteiger partial charge >= 0.3 is 0 Å². The molecule has 8 heterocycles. The summed E-state index contributed by atoms with van der Waals surface area (Å²) in [5.74, 6) is -0.581. The van der Waals surface area contributed by atoms with Crippen molar-refractivity contribution in [2.45, 2.75) is 69.4 Å². The van der Waals surface area contributed by atoms with Crippen molar-refractivity contribution in [2.75, 3.05) is 26.2 Å². The van der Waals surface area contributed by atoms with Crippen molar-refractivity contribution < 1.29 is 28.8 Å². The lowest BCUT2D eigenvalue weighted by Crippen LogP contribution is -2.57. The second kappa shape index (κ2) is 19.7. The number of para-hydroxylation sites is 6. The highest BCUT2D eigenvalue weighted by Crippen LogP contribution is 2.34. The van der Waals surface area contributed by atoms with Gasteiger partial charge in [-0.1, -0.05) is 105 Å². The minimum Gasteiger partial charge on any atom is -0.351 e. The maximum Gasteiger partial charge on any atom is 0.290 e. The minimum absolute atomic E-state index is 0.0584. The number of benzene rings is 5. The van der Waals surface area contributed by atoms with E-state index < -0.39 is 12.1 Å². The van der Waals surface area contributed by atoms with Crippen LogP contribution < -0.4 is 10.6 Å². The standard InChI is InChI=1S/C31H28N6O3.C27H28N6O3/c38-29(26-15-20-10-4-5-11-23(20)32-26)35-27(14-19-8-2-1-3-9-19)30(39)36-17-22-16-21(36)18-37(22)31(40)28-33-24-12-6-7-13-25(24)34-28;1-15(2)23(31-25(34)22-11-16-7-3-4-8-19(16)28-22)26(35)32-13-18-12-17(32)14-33(18)27(36)24-29-20-9-5-6-10-21(20)30-24/h1-13,15,21-22,27,32H,14,16-18H2,(H,33,34)(H,35,38);3-11,15,17-18,23,28H,12-14H2,1-2H3,(H,29,30)(H,31,34)/t21-,22-,27-;17-,18-,23-/m00/s1. The molecule has 384 valence electrons. The van der Waals surface area contributed by atoms with Crippen molar-refractivity contribution in [3.8, 4) is 0 Å². The molecule has 6 amide bonds. The highest BCUT2D eigenvalue weighted by Gasteiger charge is 2.50. The lowest BCUT2D eigenvalue weighted by molar-refractivity contribution is -0.136. The number of piperazine rings is 2. The highest BCUT2D eigenvalue weighted by molar-refractivity contribution is 6.02. The number of likely N-dealkylation sites (tertiary alicyclic amines) is 4. The predicted molar refractivity (Wildman–Crippen MR) is 286 cm³/mol. The number of H-pyrrole nitrogens is 4. The average Bonchev–Trinajstić information content (AvgIpc) is 4.33. The monoisotopic (exact) mass is 1020 g/mol. The second-order valence-corrected chi connectivity index (χ2v) is 20.6. The molecule has 4 aliphatic heterocycles. The number of aromatic amines is 4. The van der Waals surface area contributed by atoms with Crippen molar-refractivity contribution in [1.29, 1.82) is 0 Å². The van der Waals surface area contributed by atoms with Crippen molar-refractivity contribution in [3.05, 3.63) is 168 Å². The fraction of sp³-hybridized carbons (Fsp3) is 0.276. The SMILES string of the molecule is CC(C)[C@H](NC(=O)c1cc2ccccc2[nH]1)C(=O)N1C[C@@H]2C[C@H]1CN2C(=O)c1nc2ccccc2[nH]1.O=C(N[C@@H](Cc1ccccc1)C(=O)N1C[C@@H]2C[C@H]1CN2C(=O)c1nc2ccccc2[nH]1)c1cc2ccccc2[nH]1. The first-order valence-corrected chi connectivity index (χ1v) is 25.9. The third-order valence-corrected chi connectivity index (χ3v) is 15.4. The summed E-state index contributed by atoms with van der Waals surface area (Å²) in [7, 11) is 0. The molecule has 9 aromatic rings. The zero-order valence-corrected chi connectivity index (χ0v) is 41.9. The Bertz CT molecular complexity index is 3580. The van der Waals surface area contributed by atoms with E-state index in [-0.39, 0.29) is 65.5 Å². The molecule has 4 aliphatic rings. The zero-order chi connectivity index (χ0) is 52.2. The molecule has 0 radical (unpaired) electrons. The normalized spacial score (nSPS) is 19.4. The van der Waals surface area contributed by atoms with E-state index in [4.69, 9.17) is 0 Å². The summed E-state index contributed by atoms with van der Waals surface area (Å²) >= 11 is 0. The van der Waals surface area contributed by atoms with Crippen molar-refractivity contribution in [2.24, 2.45) is 5.92 Å². The maximum atomic E-state index is 13.9. The van der Waals surface area contributed by atoms with Crippen LogP contribution in [-0.2, 0) is 16.0 Å². The van der Waals surface area contributed by atoms with E-state index in [1.807, 2.05) is 161 Å². The summed E-state index contributed by atoms with van der Waals surface area (Å²) in [6, 6.07) is 42.1. The number of carbonyl (C=O) groups excluding carboxylic acids is 6. The fourth-order valence-electron chi connectivity index (χ4n) is 11.5. The van der Waals surface area contributed by atoms with Crippen molar-refractivity contribution in [3.63, 3.8) is 0 Å². The molecular formula is C58H56N12O6. The van der Waals surface area contributed by atoms with E-state index >= 15 is 0 Å². The van der Waals surface area contributed by atoms with Crippen LogP contribution in [0.2, 0.25) is 0 Å². The van der Waals surface area contributed by atoms with Crippen LogP contribution in [-0.4, -0.2) is 147 Å². The first kappa shape index (κ1) is 47.9. The first-order chi connectivity index (χ1) is 36.9. The van der Waals surface area contributed by atoms with Crippen LogP contribution in [0.1, 0.15) is 74.5 Å². The Balaban J connectivity index is 0.000000154. The lowest BCUT2D eigenvalue weighted by Gasteiger charge is -2.36.